The van der Waals surface area contributed by atoms with E-state index in [1.54, 1.807) is 13.4 Å². The molecule has 0 fully saturated rings. The van der Waals surface area contributed by atoms with Crippen molar-refractivity contribution in [2.24, 2.45) is 0 Å². The summed E-state index contributed by atoms with van der Waals surface area (Å²) in [4.78, 5) is 0. The number of hydrogen-bond acceptors (Lipinski definition) is 3. The van der Waals surface area contributed by atoms with Gasteiger partial charge in [-0.15, -0.1) is 0 Å². The van der Waals surface area contributed by atoms with Crippen LogP contribution in [0.1, 0.15) is 30.5 Å². The third-order valence-corrected chi connectivity index (χ3v) is 3.66. The molecule has 0 spiro atoms. The van der Waals surface area contributed by atoms with Crippen LogP contribution in [0.4, 0.5) is 0 Å². The zero-order valence-corrected chi connectivity index (χ0v) is 12.6. The predicted octanol–water partition coefficient (Wildman–Crippen LogP) is 4.23. The topological polar surface area (TPSA) is 34.4 Å². The minimum atomic E-state index is 0.216. The van der Waals surface area contributed by atoms with E-state index in [4.69, 9.17) is 20.8 Å². The molecule has 1 N–H and O–H groups in total. The molecule has 0 saturated carbocycles. The zero-order chi connectivity index (χ0) is 14.4. The van der Waals surface area contributed by atoms with Gasteiger partial charge in [0, 0.05) is 11.6 Å². The molecule has 0 aliphatic carbocycles. The van der Waals surface area contributed by atoms with Gasteiger partial charge in [0.15, 0.2) is 5.22 Å². The molecule has 0 amide bonds. The smallest absolute Gasteiger partial charge is 0.197 e. The van der Waals surface area contributed by atoms with Gasteiger partial charge in [-0.3, -0.25) is 0 Å². The van der Waals surface area contributed by atoms with E-state index in [-0.39, 0.29) is 6.04 Å². The molecular formula is C16H20ClNO2. The molecule has 1 aromatic carbocycles. The Balaban J connectivity index is 2.00. The third-order valence-electron chi connectivity index (χ3n) is 3.35. The number of benzene rings is 1. The minimum Gasteiger partial charge on any atom is -0.497 e. The molecule has 4 heteroatoms. The molecule has 0 aliphatic rings. The molecule has 0 bridgehead atoms. The molecule has 2 rings (SSSR count). The fourth-order valence-electron chi connectivity index (χ4n) is 2.27. The SMILES string of the molecule is CCNC(CCc1ccc(OC)cc1)c1ccoc1Cl. The lowest BCUT2D eigenvalue weighted by atomic mass is 10.0. The largest absolute Gasteiger partial charge is 0.497 e. The molecule has 0 saturated heterocycles. The van der Waals surface area contributed by atoms with Crippen LogP contribution in [0, 0.1) is 0 Å². The summed E-state index contributed by atoms with van der Waals surface area (Å²) >= 11 is 6.07. The summed E-state index contributed by atoms with van der Waals surface area (Å²) in [6.07, 6.45) is 3.58. The van der Waals surface area contributed by atoms with Crippen molar-refractivity contribution in [3.8, 4) is 5.75 Å². The zero-order valence-electron chi connectivity index (χ0n) is 11.9. The number of hydrogen-bond donors (Lipinski definition) is 1. The Hall–Kier alpha value is -1.45. The highest BCUT2D eigenvalue weighted by molar-refractivity contribution is 6.29. The maximum Gasteiger partial charge on any atom is 0.197 e. The van der Waals surface area contributed by atoms with Crippen LogP contribution in [-0.2, 0) is 6.42 Å². The van der Waals surface area contributed by atoms with E-state index < -0.39 is 0 Å². The lowest BCUT2D eigenvalue weighted by Gasteiger charge is -2.17. The maximum atomic E-state index is 6.07. The van der Waals surface area contributed by atoms with Gasteiger partial charge in [0.1, 0.15) is 5.75 Å². The van der Waals surface area contributed by atoms with Gasteiger partial charge < -0.3 is 14.5 Å². The van der Waals surface area contributed by atoms with Crippen LogP contribution in [0.15, 0.2) is 41.0 Å². The Morgan fingerprint density at radius 1 is 1.25 bits per heavy atom. The molecule has 1 atom stereocenters. The van der Waals surface area contributed by atoms with Gasteiger partial charge in [-0.05, 0) is 54.7 Å². The number of methoxy groups -OCH3 is 1. The average Bonchev–Trinajstić information content (AvgIpc) is 2.90. The Bertz CT molecular complexity index is 522. The third kappa shape index (κ3) is 3.78. The number of aryl methyl sites for hydroxylation is 1. The molecule has 1 heterocycles. The highest BCUT2D eigenvalue weighted by Crippen LogP contribution is 2.27. The number of nitrogens with one attached hydrogen (secondary N) is 1. The average molecular weight is 294 g/mol. The summed E-state index contributed by atoms with van der Waals surface area (Å²) in [7, 11) is 1.68. The van der Waals surface area contributed by atoms with Crippen LogP contribution >= 0.6 is 11.6 Å². The van der Waals surface area contributed by atoms with Crippen molar-refractivity contribution in [1.82, 2.24) is 5.32 Å². The van der Waals surface area contributed by atoms with Crippen molar-refractivity contribution in [1.29, 1.82) is 0 Å². The second-order valence-electron chi connectivity index (χ2n) is 4.65. The van der Waals surface area contributed by atoms with Gasteiger partial charge in [0.05, 0.1) is 13.4 Å². The highest BCUT2D eigenvalue weighted by atomic mass is 35.5. The summed E-state index contributed by atoms with van der Waals surface area (Å²) in [6.45, 7) is 2.99. The van der Waals surface area contributed by atoms with E-state index in [1.165, 1.54) is 5.56 Å². The van der Waals surface area contributed by atoms with E-state index in [0.29, 0.717) is 5.22 Å². The monoisotopic (exact) mass is 293 g/mol. The number of halogens is 1. The Labute approximate surface area is 124 Å². The lowest BCUT2D eigenvalue weighted by Crippen LogP contribution is -2.21. The summed E-state index contributed by atoms with van der Waals surface area (Å²) in [5.41, 5.74) is 2.32. The molecule has 0 aliphatic heterocycles. The van der Waals surface area contributed by atoms with Crippen LogP contribution in [0.25, 0.3) is 0 Å². The van der Waals surface area contributed by atoms with Gasteiger partial charge in [-0.25, -0.2) is 0 Å². The van der Waals surface area contributed by atoms with E-state index in [9.17, 15) is 0 Å². The van der Waals surface area contributed by atoms with Crippen molar-refractivity contribution in [3.63, 3.8) is 0 Å². The number of rotatable bonds is 7. The molecule has 3 nitrogen and oxygen atoms in total. The first kappa shape index (κ1) is 14.9. The standard InChI is InChI=1S/C16H20ClNO2/c1-3-18-15(14-10-11-20-16(14)17)9-6-12-4-7-13(19-2)8-5-12/h4-5,7-8,10-11,15,18H,3,6,9H2,1-2H3. The molecular weight excluding hydrogens is 274 g/mol. The van der Waals surface area contributed by atoms with Crippen molar-refractivity contribution < 1.29 is 9.15 Å². The lowest BCUT2D eigenvalue weighted by molar-refractivity contribution is 0.414. The van der Waals surface area contributed by atoms with Crippen LogP contribution in [0.2, 0.25) is 5.22 Å². The van der Waals surface area contributed by atoms with Gasteiger partial charge >= 0.3 is 0 Å². The fraction of sp³-hybridized carbons (Fsp3) is 0.375. The molecule has 20 heavy (non-hydrogen) atoms. The second kappa shape index (κ2) is 7.36. The van der Waals surface area contributed by atoms with Crippen LogP contribution in [0.5, 0.6) is 5.75 Å². The number of ether oxygens (including phenoxy) is 1. The van der Waals surface area contributed by atoms with E-state index >= 15 is 0 Å². The predicted molar refractivity (Wildman–Crippen MR) is 81.5 cm³/mol. The molecule has 1 aromatic heterocycles. The Morgan fingerprint density at radius 3 is 2.55 bits per heavy atom. The quantitative estimate of drug-likeness (QED) is 0.830. The van der Waals surface area contributed by atoms with Crippen LogP contribution < -0.4 is 10.1 Å². The first-order valence-corrected chi connectivity index (χ1v) is 7.21. The normalized spacial score (nSPS) is 12.3. The summed E-state index contributed by atoms with van der Waals surface area (Å²) in [5.74, 6) is 0.884. The Kier molecular flexibility index (Phi) is 5.50. The summed E-state index contributed by atoms with van der Waals surface area (Å²) in [6, 6.07) is 10.3. The van der Waals surface area contributed by atoms with Gasteiger partial charge in [0.25, 0.3) is 0 Å². The molecule has 0 radical (unpaired) electrons. The molecule has 108 valence electrons. The van der Waals surface area contributed by atoms with E-state index in [1.807, 2.05) is 18.2 Å². The van der Waals surface area contributed by atoms with Crippen molar-refractivity contribution in [3.05, 3.63) is 52.9 Å². The molecule has 1 unspecified atom stereocenters. The molecule has 2 aromatic rings. The van der Waals surface area contributed by atoms with E-state index in [0.717, 1.165) is 30.7 Å². The van der Waals surface area contributed by atoms with Gasteiger partial charge in [-0.1, -0.05) is 19.1 Å². The van der Waals surface area contributed by atoms with Crippen molar-refractivity contribution >= 4 is 11.6 Å². The van der Waals surface area contributed by atoms with Gasteiger partial charge in [0.2, 0.25) is 0 Å². The Morgan fingerprint density at radius 2 is 2.00 bits per heavy atom. The second-order valence-corrected chi connectivity index (χ2v) is 4.99. The fourth-order valence-corrected chi connectivity index (χ4v) is 2.52. The number of furan rings is 1. The summed E-state index contributed by atoms with van der Waals surface area (Å²) in [5, 5.41) is 3.93. The highest BCUT2D eigenvalue weighted by Gasteiger charge is 2.15. The first-order chi connectivity index (χ1) is 9.74. The summed E-state index contributed by atoms with van der Waals surface area (Å²) < 4.78 is 10.3. The van der Waals surface area contributed by atoms with Crippen molar-refractivity contribution in [2.75, 3.05) is 13.7 Å². The van der Waals surface area contributed by atoms with Crippen LogP contribution in [-0.4, -0.2) is 13.7 Å². The van der Waals surface area contributed by atoms with Crippen molar-refractivity contribution in [2.45, 2.75) is 25.8 Å². The van der Waals surface area contributed by atoms with E-state index in [2.05, 4.69) is 24.4 Å². The minimum absolute atomic E-state index is 0.216. The maximum absolute atomic E-state index is 6.07. The van der Waals surface area contributed by atoms with Crippen LogP contribution in [0.3, 0.4) is 0 Å². The first-order valence-electron chi connectivity index (χ1n) is 6.83. The van der Waals surface area contributed by atoms with Gasteiger partial charge in [-0.2, -0.15) is 0 Å².